The van der Waals surface area contributed by atoms with E-state index in [-0.39, 0.29) is 15.8 Å². The van der Waals surface area contributed by atoms with Gasteiger partial charge in [0.05, 0.1) is 15.9 Å². The quantitative estimate of drug-likeness (QED) is 0.714. The number of aromatic nitrogens is 1. The largest absolute Gasteiger partial charge is 0.358 e. The van der Waals surface area contributed by atoms with E-state index < -0.39 is 5.82 Å². The number of aryl methyl sites for hydroxylation is 1. The predicted molar refractivity (Wildman–Crippen MR) is 54.3 cm³/mol. The summed E-state index contributed by atoms with van der Waals surface area (Å²) in [6, 6.07) is 4.14. The highest BCUT2D eigenvalue weighted by Crippen LogP contribution is 2.22. The topological polar surface area (TPSA) is 32.9 Å². The van der Waals surface area contributed by atoms with Crippen molar-refractivity contribution in [3.05, 3.63) is 45.0 Å². The molecule has 0 unspecified atom stereocenters. The molecule has 1 N–H and O–H groups in total. The molecule has 0 fully saturated rings. The number of rotatable bonds is 0. The third-order valence-corrected chi connectivity index (χ3v) is 2.39. The van der Waals surface area contributed by atoms with Crippen molar-refractivity contribution >= 4 is 22.5 Å². The lowest BCUT2D eigenvalue weighted by atomic mass is 10.2. The zero-order valence-electron chi connectivity index (χ0n) is 7.40. The SMILES string of the molecule is Cc1cc(=O)c2c(Cl)c(F)ccc2[nH]1. The van der Waals surface area contributed by atoms with Gasteiger partial charge in [0.15, 0.2) is 5.43 Å². The Morgan fingerprint density at radius 2 is 2.14 bits per heavy atom. The van der Waals surface area contributed by atoms with Crippen molar-refractivity contribution in [2.24, 2.45) is 0 Å². The van der Waals surface area contributed by atoms with Crippen LogP contribution in [-0.4, -0.2) is 4.98 Å². The van der Waals surface area contributed by atoms with E-state index in [0.717, 1.165) is 5.69 Å². The maximum Gasteiger partial charge on any atom is 0.191 e. The second-order valence-corrected chi connectivity index (χ2v) is 3.48. The summed E-state index contributed by atoms with van der Waals surface area (Å²) in [6.45, 7) is 1.76. The van der Waals surface area contributed by atoms with E-state index in [0.29, 0.717) is 5.52 Å². The lowest BCUT2D eigenvalue weighted by Gasteiger charge is -2.02. The molecule has 2 nitrogen and oxygen atoms in total. The number of hydrogen-bond donors (Lipinski definition) is 1. The molecular weight excluding hydrogens is 205 g/mol. The second-order valence-electron chi connectivity index (χ2n) is 3.10. The molecule has 1 aromatic heterocycles. The summed E-state index contributed by atoms with van der Waals surface area (Å²) in [5, 5.41) is 0.0843. The highest BCUT2D eigenvalue weighted by Gasteiger charge is 2.08. The molecular formula is C10H7ClFNO. The fourth-order valence-corrected chi connectivity index (χ4v) is 1.67. The summed E-state index contributed by atoms with van der Waals surface area (Å²) in [6.07, 6.45) is 0. The Balaban J connectivity index is 3.03. The molecule has 0 saturated carbocycles. The lowest BCUT2D eigenvalue weighted by molar-refractivity contribution is 0.630. The zero-order valence-corrected chi connectivity index (χ0v) is 8.15. The molecule has 2 aromatic rings. The Morgan fingerprint density at radius 1 is 1.43 bits per heavy atom. The molecule has 0 spiro atoms. The van der Waals surface area contributed by atoms with Gasteiger partial charge in [-0.3, -0.25) is 4.79 Å². The molecule has 2 rings (SSSR count). The van der Waals surface area contributed by atoms with Gasteiger partial charge in [0.2, 0.25) is 0 Å². The van der Waals surface area contributed by atoms with E-state index in [1.54, 1.807) is 6.92 Å². The van der Waals surface area contributed by atoms with E-state index in [2.05, 4.69) is 4.98 Å². The average molecular weight is 212 g/mol. The number of fused-ring (bicyclic) bond motifs is 1. The van der Waals surface area contributed by atoms with Crippen molar-refractivity contribution in [1.82, 2.24) is 4.98 Å². The molecule has 4 heteroatoms. The monoisotopic (exact) mass is 211 g/mol. The van der Waals surface area contributed by atoms with E-state index in [9.17, 15) is 9.18 Å². The van der Waals surface area contributed by atoms with Crippen LogP contribution >= 0.6 is 11.6 Å². The van der Waals surface area contributed by atoms with Crippen LogP contribution < -0.4 is 5.43 Å². The summed E-state index contributed by atoms with van der Waals surface area (Å²) in [4.78, 5) is 14.4. The molecule has 0 aliphatic heterocycles. The van der Waals surface area contributed by atoms with Gasteiger partial charge in [0.25, 0.3) is 0 Å². The first-order valence-electron chi connectivity index (χ1n) is 4.07. The van der Waals surface area contributed by atoms with Crippen LogP contribution in [0.15, 0.2) is 23.0 Å². The minimum Gasteiger partial charge on any atom is -0.358 e. The number of pyridine rings is 1. The van der Waals surface area contributed by atoms with Gasteiger partial charge in [-0.1, -0.05) is 11.6 Å². The Labute approximate surface area is 84.3 Å². The summed E-state index contributed by atoms with van der Waals surface area (Å²) in [5.74, 6) is -0.575. The van der Waals surface area contributed by atoms with E-state index in [1.165, 1.54) is 18.2 Å². The third-order valence-electron chi connectivity index (χ3n) is 2.02. The molecule has 1 aromatic carbocycles. The summed E-state index contributed by atoms with van der Waals surface area (Å²) < 4.78 is 13.0. The highest BCUT2D eigenvalue weighted by molar-refractivity contribution is 6.35. The Bertz CT molecular complexity index is 562. The molecule has 0 atom stereocenters. The lowest BCUT2D eigenvalue weighted by Crippen LogP contribution is -2.04. The number of hydrogen-bond acceptors (Lipinski definition) is 1. The molecule has 0 bridgehead atoms. The van der Waals surface area contributed by atoms with Crippen LogP contribution in [0.4, 0.5) is 4.39 Å². The Kier molecular flexibility index (Phi) is 2.04. The fourth-order valence-electron chi connectivity index (χ4n) is 1.41. The van der Waals surface area contributed by atoms with Crippen LogP contribution in [0, 0.1) is 12.7 Å². The minimum absolute atomic E-state index is 0.122. The van der Waals surface area contributed by atoms with Crippen molar-refractivity contribution in [2.45, 2.75) is 6.92 Å². The van der Waals surface area contributed by atoms with Gasteiger partial charge >= 0.3 is 0 Å². The predicted octanol–water partition coefficient (Wildman–Crippen LogP) is 2.63. The van der Waals surface area contributed by atoms with Gasteiger partial charge < -0.3 is 4.98 Å². The van der Waals surface area contributed by atoms with Crippen LogP contribution in [0.25, 0.3) is 10.9 Å². The number of aromatic amines is 1. The number of halogens is 2. The van der Waals surface area contributed by atoms with Crippen molar-refractivity contribution in [2.75, 3.05) is 0 Å². The minimum atomic E-state index is -0.575. The fraction of sp³-hybridized carbons (Fsp3) is 0.100. The second kappa shape index (κ2) is 3.10. The van der Waals surface area contributed by atoms with Gasteiger partial charge in [-0.2, -0.15) is 0 Å². The first-order chi connectivity index (χ1) is 6.59. The third kappa shape index (κ3) is 1.30. The van der Waals surface area contributed by atoms with Crippen LogP contribution in [0.2, 0.25) is 5.02 Å². The summed E-state index contributed by atoms with van der Waals surface area (Å²) in [7, 11) is 0. The standard InChI is InChI=1S/C10H7ClFNO/c1-5-4-8(14)9-7(13-5)3-2-6(12)10(9)11/h2-4H,1H3,(H,13,14). The maximum atomic E-state index is 13.0. The maximum absolute atomic E-state index is 13.0. The molecule has 0 aliphatic carbocycles. The Morgan fingerprint density at radius 3 is 2.86 bits per heavy atom. The molecule has 0 saturated heterocycles. The first kappa shape index (κ1) is 9.21. The van der Waals surface area contributed by atoms with Crippen LogP contribution in [0.1, 0.15) is 5.69 Å². The highest BCUT2D eigenvalue weighted by atomic mass is 35.5. The average Bonchev–Trinajstić information content (AvgIpc) is 2.10. The van der Waals surface area contributed by atoms with Gasteiger partial charge in [-0.05, 0) is 19.1 Å². The van der Waals surface area contributed by atoms with Crippen molar-refractivity contribution in [3.8, 4) is 0 Å². The molecule has 0 amide bonds. The van der Waals surface area contributed by atoms with Crippen molar-refractivity contribution in [3.63, 3.8) is 0 Å². The first-order valence-corrected chi connectivity index (χ1v) is 4.45. The summed E-state index contributed by atoms with van der Waals surface area (Å²) in [5.41, 5.74) is 1.02. The molecule has 1 heterocycles. The van der Waals surface area contributed by atoms with Gasteiger partial charge in [-0.25, -0.2) is 4.39 Å². The van der Waals surface area contributed by atoms with Crippen molar-refractivity contribution < 1.29 is 4.39 Å². The van der Waals surface area contributed by atoms with E-state index >= 15 is 0 Å². The number of nitrogens with one attached hydrogen (secondary N) is 1. The van der Waals surface area contributed by atoms with Crippen LogP contribution in [0.3, 0.4) is 0 Å². The molecule has 72 valence electrons. The molecule has 0 radical (unpaired) electrons. The summed E-state index contributed by atoms with van der Waals surface area (Å²) >= 11 is 5.69. The van der Waals surface area contributed by atoms with Gasteiger partial charge in [0.1, 0.15) is 5.82 Å². The van der Waals surface area contributed by atoms with E-state index in [1.807, 2.05) is 0 Å². The van der Waals surface area contributed by atoms with Gasteiger partial charge in [-0.15, -0.1) is 0 Å². The smallest absolute Gasteiger partial charge is 0.191 e. The normalized spacial score (nSPS) is 10.8. The van der Waals surface area contributed by atoms with Crippen molar-refractivity contribution in [1.29, 1.82) is 0 Å². The van der Waals surface area contributed by atoms with E-state index in [4.69, 9.17) is 11.6 Å². The number of H-pyrrole nitrogens is 1. The Hall–Kier alpha value is -1.35. The zero-order chi connectivity index (χ0) is 10.3. The van der Waals surface area contributed by atoms with Gasteiger partial charge in [0, 0.05) is 11.8 Å². The van der Waals surface area contributed by atoms with Crippen LogP contribution in [0.5, 0.6) is 0 Å². The van der Waals surface area contributed by atoms with Crippen LogP contribution in [-0.2, 0) is 0 Å². The molecule has 14 heavy (non-hydrogen) atoms. The molecule has 0 aliphatic rings. The number of benzene rings is 1.